The summed E-state index contributed by atoms with van der Waals surface area (Å²) < 4.78 is 5.55. The Morgan fingerprint density at radius 2 is 2.21 bits per heavy atom. The van der Waals surface area contributed by atoms with Crippen molar-refractivity contribution in [1.29, 1.82) is 0 Å². The maximum atomic E-state index is 12.1. The highest BCUT2D eigenvalue weighted by Crippen LogP contribution is 2.25. The van der Waals surface area contributed by atoms with Gasteiger partial charge in [0.1, 0.15) is 12.4 Å². The highest BCUT2D eigenvalue weighted by atomic mass is 16.5. The van der Waals surface area contributed by atoms with E-state index in [1.165, 1.54) is 0 Å². The van der Waals surface area contributed by atoms with Gasteiger partial charge in [0.15, 0.2) is 0 Å². The summed E-state index contributed by atoms with van der Waals surface area (Å²) in [5.74, 6) is 0.957. The van der Waals surface area contributed by atoms with Crippen LogP contribution in [0.15, 0.2) is 30.3 Å². The zero-order chi connectivity index (χ0) is 13.6. The van der Waals surface area contributed by atoms with Gasteiger partial charge in [0.25, 0.3) is 0 Å². The van der Waals surface area contributed by atoms with Crippen molar-refractivity contribution in [1.82, 2.24) is 10.6 Å². The first-order valence-corrected chi connectivity index (χ1v) is 6.88. The number of carbonyl (C=O) groups excluding carboxylic acids is 1. The Morgan fingerprint density at radius 3 is 2.89 bits per heavy atom. The second-order valence-corrected chi connectivity index (χ2v) is 5.26. The van der Waals surface area contributed by atoms with Crippen molar-refractivity contribution >= 4 is 5.91 Å². The van der Waals surface area contributed by atoms with Gasteiger partial charge >= 0.3 is 0 Å². The molecule has 0 saturated carbocycles. The molecule has 1 heterocycles. The standard InChI is InChI=1S/C15H22N2O2/c1-15(8-5-9-16-12-15)14(18)17-10-11-19-13-6-3-2-4-7-13/h2-4,6-7,16H,5,8-12H2,1H3,(H,17,18). The number of amides is 1. The quantitative estimate of drug-likeness (QED) is 0.792. The fourth-order valence-electron chi connectivity index (χ4n) is 2.31. The molecular weight excluding hydrogens is 240 g/mol. The Bertz CT molecular complexity index is 400. The number of hydrogen-bond donors (Lipinski definition) is 2. The van der Waals surface area contributed by atoms with Crippen molar-refractivity contribution in [2.75, 3.05) is 26.2 Å². The smallest absolute Gasteiger partial charge is 0.227 e. The fourth-order valence-corrected chi connectivity index (χ4v) is 2.31. The van der Waals surface area contributed by atoms with E-state index < -0.39 is 0 Å². The molecule has 1 aliphatic heterocycles. The first kappa shape index (κ1) is 13.9. The lowest BCUT2D eigenvalue weighted by molar-refractivity contribution is -0.131. The van der Waals surface area contributed by atoms with E-state index in [2.05, 4.69) is 10.6 Å². The van der Waals surface area contributed by atoms with E-state index in [0.29, 0.717) is 13.2 Å². The highest BCUT2D eigenvalue weighted by molar-refractivity contribution is 5.82. The molecule has 4 nitrogen and oxygen atoms in total. The molecule has 0 aromatic heterocycles. The molecule has 1 fully saturated rings. The highest BCUT2D eigenvalue weighted by Gasteiger charge is 2.34. The van der Waals surface area contributed by atoms with E-state index in [-0.39, 0.29) is 11.3 Å². The van der Waals surface area contributed by atoms with Gasteiger partial charge in [0.2, 0.25) is 5.91 Å². The van der Waals surface area contributed by atoms with Crippen molar-refractivity contribution in [3.05, 3.63) is 30.3 Å². The average molecular weight is 262 g/mol. The molecule has 0 spiro atoms. The van der Waals surface area contributed by atoms with Crippen LogP contribution in [0.5, 0.6) is 5.75 Å². The Balaban J connectivity index is 1.69. The lowest BCUT2D eigenvalue weighted by atomic mass is 9.82. The number of ether oxygens (including phenoxy) is 1. The molecule has 1 saturated heterocycles. The number of para-hydroxylation sites is 1. The molecule has 1 aromatic carbocycles. The second-order valence-electron chi connectivity index (χ2n) is 5.26. The van der Waals surface area contributed by atoms with Gasteiger partial charge in [0, 0.05) is 6.54 Å². The number of nitrogens with one attached hydrogen (secondary N) is 2. The van der Waals surface area contributed by atoms with Crippen molar-refractivity contribution in [2.45, 2.75) is 19.8 Å². The normalized spacial score (nSPS) is 22.8. The van der Waals surface area contributed by atoms with Crippen LogP contribution in [-0.2, 0) is 4.79 Å². The van der Waals surface area contributed by atoms with Crippen molar-refractivity contribution in [3.63, 3.8) is 0 Å². The molecule has 0 radical (unpaired) electrons. The van der Waals surface area contributed by atoms with Crippen molar-refractivity contribution in [3.8, 4) is 5.75 Å². The molecule has 0 aliphatic carbocycles. The van der Waals surface area contributed by atoms with Gasteiger partial charge in [-0.15, -0.1) is 0 Å². The van der Waals surface area contributed by atoms with Gasteiger partial charge in [-0.3, -0.25) is 4.79 Å². The van der Waals surface area contributed by atoms with Gasteiger partial charge in [-0.05, 0) is 38.4 Å². The van der Waals surface area contributed by atoms with E-state index in [1.54, 1.807) is 0 Å². The second kappa shape index (κ2) is 6.57. The SMILES string of the molecule is CC1(C(=O)NCCOc2ccccc2)CCCNC1. The molecule has 2 N–H and O–H groups in total. The summed E-state index contributed by atoms with van der Waals surface area (Å²) in [6.07, 6.45) is 2.01. The summed E-state index contributed by atoms with van der Waals surface area (Å²) in [5.41, 5.74) is -0.273. The maximum absolute atomic E-state index is 12.1. The molecule has 1 aliphatic rings. The third-order valence-corrected chi connectivity index (χ3v) is 3.55. The minimum absolute atomic E-state index is 0.122. The molecule has 1 aromatic rings. The summed E-state index contributed by atoms with van der Waals surface area (Å²) in [6, 6.07) is 9.64. The van der Waals surface area contributed by atoms with Crippen LogP contribution >= 0.6 is 0 Å². The molecule has 1 atom stereocenters. The lowest BCUT2D eigenvalue weighted by Crippen LogP contribution is -2.49. The summed E-state index contributed by atoms with van der Waals surface area (Å²) in [6.45, 7) is 4.84. The van der Waals surface area contributed by atoms with Crippen LogP contribution in [0.2, 0.25) is 0 Å². The van der Waals surface area contributed by atoms with Crippen LogP contribution in [0.4, 0.5) is 0 Å². The average Bonchev–Trinajstić information content (AvgIpc) is 2.45. The summed E-state index contributed by atoms with van der Waals surface area (Å²) in [7, 11) is 0. The number of benzene rings is 1. The lowest BCUT2D eigenvalue weighted by Gasteiger charge is -2.32. The van der Waals surface area contributed by atoms with Crippen LogP contribution in [0.25, 0.3) is 0 Å². The first-order chi connectivity index (χ1) is 9.21. The zero-order valence-corrected chi connectivity index (χ0v) is 11.4. The molecule has 1 amide bonds. The largest absolute Gasteiger partial charge is 0.492 e. The first-order valence-electron chi connectivity index (χ1n) is 6.88. The predicted molar refractivity (Wildman–Crippen MR) is 75.2 cm³/mol. The molecule has 19 heavy (non-hydrogen) atoms. The van der Waals surface area contributed by atoms with Crippen LogP contribution in [-0.4, -0.2) is 32.1 Å². The summed E-state index contributed by atoms with van der Waals surface area (Å²) >= 11 is 0. The van der Waals surface area contributed by atoms with Gasteiger partial charge in [-0.1, -0.05) is 18.2 Å². The number of piperidine rings is 1. The van der Waals surface area contributed by atoms with Crippen molar-refractivity contribution < 1.29 is 9.53 Å². The van der Waals surface area contributed by atoms with Crippen LogP contribution in [0.3, 0.4) is 0 Å². The Labute approximate surface area is 114 Å². The van der Waals surface area contributed by atoms with Gasteiger partial charge in [0.05, 0.1) is 12.0 Å². The molecule has 4 heteroatoms. The monoisotopic (exact) mass is 262 g/mol. The number of carbonyl (C=O) groups is 1. The molecule has 1 unspecified atom stereocenters. The van der Waals surface area contributed by atoms with E-state index in [9.17, 15) is 4.79 Å². The van der Waals surface area contributed by atoms with Gasteiger partial charge < -0.3 is 15.4 Å². The number of hydrogen-bond acceptors (Lipinski definition) is 3. The minimum Gasteiger partial charge on any atom is -0.492 e. The number of rotatable bonds is 5. The summed E-state index contributed by atoms with van der Waals surface area (Å²) in [5, 5.41) is 6.24. The minimum atomic E-state index is -0.273. The predicted octanol–water partition coefficient (Wildman–Crippen LogP) is 1.57. The Kier molecular flexibility index (Phi) is 4.80. The summed E-state index contributed by atoms with van der Waals surface area (Å²) in [4.78, 5) is 12.1. The fraction of sp³-hybridized carbons (Fsp3) is 0.533. The van der Waals surface area contributed by atoms with E-state index in [4.69, 9.17) is 4.74 Å². The third-order valence-electron chi connectivity index (χ3n) is 3.55. The molecule has 0 bridgehead atoms. The Morgan fingerprint density at radius 1 is 1.42 bits per heavy atom. The van der Waals surface area contributed by atoms with Crippen molar-refractivity contribution in [2.24, 2.45) is 5.41 Å². The van der Waals surface area contributed by atoms with E-state index in [0.717, 1.165) is 31.7 Å². The molecule has 104 valence electrons. The van der Waals surface area contributed by atoms with E-state index >= 15 is 0 Å². The van der Waals surface area contributed by atoms with E-state index in [1.807, 2.05) is 37.3 Å². The van der Waals surface area contributed by atoms with Gasteiger partial charge in [-0.2, -0.15) is 0 Å². The van der Waals surface area contributed by atoms with Crippen LogP contribution in [0.1, 0.15) is 19.8 Å². The Hall–Kier alpha value is -1.55. The van der Waals surface area contributed by atoms with Crippen LogP contribution in [0, 0.1) is 5.41 Å². The molecular formula is C15H22N2O2. The zero-order valence-electron chi connectivity index (χ0n) is 11.4. The topological polar surface area (TPSA) is 50.4 Å². The molecule has 2 rings (SSSR count). The maximum Gasteiger partial charge on any atom is 0.227 e. The van der Waals surface area contributed by atoms with Gasteiger partial charge in [-0.25, -0.2) is 0 Å². The third kappa shape index (κ3) is 3.96. The van der Waals surface area contributed by atoms with Crippen LogP contribution < -0.4 is 15.4 Å².